The molecule has 0 aromatic carbocycles. The Hall–Kier alpha value is -0.870. The van der Waals surface area contributed by atoms with E-state index < -0.39 is 0 Å². The van der Waals surface area contributed by atoms with E-state index in [0.29, 0.717) is 30.2 Å². The molecule has 0 unspecified atom stereocenters. The van der Waals surface area contributed by atoms with Crippen molar-refractivity contribution in [1.29, 1.82) is 0 Å². The van der Waals surface area contributed by atoms with Crippen molar-refractivity contribution in [3.8, 4) is 0 Å². The zero-order chi connectivity index (χ0) is 12.5. The van der Waals surface area contributed by atoms with E-state index in [1.54, 1.807) is 11.3 Å². The highest BCUT2D eigenvalue weighted by Crippen LogP contribution is 2.37. The first kappa shape index (κ1) is 12.2. The molecule has 0 bridgehead atoms. The summed E-state index contributed by atoms with van der Waals surface area (Å²) in [4.78, 5) is 15.5. The number of carbonyl (C=O) groups excluding carboxylic acids is 1. The molecule has 3 rings (SSSR count). The van der Waals surface area contributed by atoms with Crippen LogP contribution in [0.3, 0.4) is 0 Å². The van der Waals surface area contributed by atoms with Crippen LogP contribution >= 0.6 is 11.3 Å². The summed E-state index contributed by atoms with van der Waals surface area (Å²) < 4.78 is 0. The van der Waals surface area contributed by atoms with Crippen LogP contribution in [0.15, 0.2) is 17.5 Å². The van der Waals surface area contributed by atoms with Crippen molar-refractivity contribution < 1.29 is 4.79 Å². The summed E-state index contributed by atoms with van der Waals surface area (Å²) in [6.45, 7) is 1.84. The molecule has 0 spiro atoms. The quantitative estimate of drug-likeness (QED) is 0.906. The Balaban J connectivity index is 1.52. The van der Waals surface area contributed by atoms with E-state index >= 15 is 0 Å². The van der Waals surface area contributed by atoms with Gasteiger partial charge in [0.25, 0.3) is 0 Å². The van der Waals surface area contributed by atoms with Gasteiger partial charge in [-0.2, -0.15) is 0 Å². The fourth-order valence-corrected chi connectivity index (χ4v) is 4.06. The molecule has 0 radical (unpaired) electrons. The lowest BCUT2D eigenvalue weighted by Gasteiger charge is -2.18. The summed E-state index contributed by atoms with van der Waals surface area (Å²) in [7, 11) is 0. The number of hydrogen-bond donors (Lipinski definition) is 1. The lowest BCUT2D eigenvalue weighted by molar-refractivity contribution is -0.130. The molecular formula is C14H20N2OS. The lowest BCUT2D eigenvalue weighted by atomic mass is 9.98. The Labute approximate surface area is 112 Å². The first-order chi connectivity index (χ1) is 8.74. The van der Waals surface area contributed by atoms with Crippen molar-refractivity contribution in [3.63, 3.8) is 0 Å². The van der Waals surface area contributed by atoms with Crippen molar-refractivity contribution in [3.05, 3.63) is 22.4 Å². The maximum Gasteiger partial charge on any atom is 0.222 e. The van der Waals surface area contributed by atoms with Crippen molar-refractivity contribution >= 4 is 17.2 Å². The molecule has 3 nitrogen and oxygen atoms in total. The van der Waals surface area contributed by atoms with Gasteiger partial charge in [0.2, 0.25) is 5.91 Å². The Morgan fingerprint density at radius 2 is 2.33 bits per heavy atom. The fraction of sp³-hybridized carbons (Fsp3) is 0.643. The van der Waals surface area contributed by atoms with Gasteiger partial charge in [-0.1, -0.05) is 6.07 Å². The predicted octanol–water partition coefficient (Wildman–Crippen LogP) is 1.88. The molecule has 98 valence electrons. The van der Waals surface area contributed by atoms with Gasteiger partial charge in [-0.15, -0.1) is 11.3 Å². The third kappa shape index (κ3) is 2.31. The third-order valence-corrected chi connectivity index (χ3v) is 5.37. The van der Waals surface area contributed by atoms with Crippen LogP contribution in [0.5, 0.6) is 0 Å². The Morgan fingerprint density at radius 3 is 3.06 bits per heavy atom. The molecule has 2 fully saturated rings. The summed E-state index contributed by atoms with van der Waals surface area (Å²) in [5, 5.41) is 2.07. The number of nitrogens with two attached hydrogens (primary N) is 1. The average molecular weight is 264 g/mol. The number of fused-ring (bicyclic) bond motifs is 1. The lowest BCUT2D eigenvalue weighted by Crippen LogP contribution is -2.33. The average Bonchev–Trinajstić information content (AvgIpc) is 3.05. The minimum Gasteiger partial charge on any atom is -0.342 e. The number of hydrogen-bond acceptors (Lipinski definition) is 3. The zero-order valence-electron chi connectivity index (χ0n) is 10.5. The second-order valence-electron chi connectivity index (χ2n) is 5.54. The smallest absolute Gasteiger partial charge is 0.222 e. The predicted molar refractivity (Wildman–Crippen MR) is 73.4 cm³/mol. The summed E-state index contributed by atoms with van der Waals surface area (Å²) in [6.07, 6.45) is 3.89. The number of amides is 1. The topological polar surface area (TPSA) is 46.3 Å². The normalized spacial score (nSPS) is 30.7. The van der Waals surface area contributed by atoms with E-state index in [9.17, 15) is 4.79 Å². The minimum absolute atomic E-state index is 0.310. The molecule has 1 saturated carbocycles. The molecule has 1 aliphatic carbocycles. The van der Waals surface area contributed by atoms with Crippen LogP contribution < -0.4 is 5.73 Å². The van der Waals surface area contributed by atoms with Crippen molar-refractivity contribution in [1.82, 2.24) is 4.90 Å². The zero-order valence-corrected chi connectivity index (χ0v) is 11.4. The molecule has 18 heavy (non-hydrogen) atoms. The Morgan fingerprint density at radius 1 is 1.44 bits per heavy atom. The van der Waals surface area contributed by atoms with E-state index in [1.807, 2.05) is 11.0 Å². The molecule has 4 heteroatoms. The molecule has 2 aliphatic rings. The van der Waals surface area contributed by atoms with E-state index in [4.69, 9.17) is 5.73 Å². The van der Waals surface area contributed by atoms with Crippen LogP contribution in [0.4, 0.5) is 0 Å². The number of rotatable bonds is 3. The monoisotopic (exact) mass is 264 g/mol. The number of carbonyl (C=O) groups is 1. The molecule has 1 aromatic heterocycles. The molecule has 3 atom stereocenters. The highest BCUT2D eigenvalue weighted by molar-refractivity contribution is 7.09. The molecule has 2 N–H and O–H groups in total. The molecular weight excluding hydrogens is 244 g/mol. The SMILES string of the molecule is N[C@@H]1CC[C@@H]2CN(C(=O)CCc3cccs3)C[C@H]21. The van der Waals surface area contributed by atoms with Gasteiger partial charge in [-0.25, -0.2) is 0 Å². The Kier molecular flexibility index (Phi) is 3.39. The van der Waals surface area contributed by atoms with Gasteiger partial charge in [0.1, 0.15) is 0 Å². The largest absolute Gasteiger partial charge is 0.342 e. The van der Waals surface area contributed by atoms with Gasteiger partial charge < -0.3 is 10.6 Å². The maximum absolute atomic E-state index is 12.2. The number of thiophene rings is 1. The fourth-order valence-electron chi connectivity index (χ4n) is 3.35. The van der Waals surface area contributed by atoms with Crippen LogP contribution in [0.2, 0.25) is 0 Å². The summed E-state index contributed by atoms with van der Waals surface area (Å²) >= 11 is 1.73. The van der Waals surface area contributed by atoms with E-state index in [-0.39, 0.29) is 0 Å². The Bertz CT molecular complexity index is 417. The maximum atomic E-state index is 12.2. The van der Waals surface area contributed by atoms with Gasteiger partial charge in [0.15, 0.2) is 0 Å². The van der Waals surface area contributed by atoms with Crippen LogP contribution in [0.25, 0.3) is 0 Å². The van der Waals surface area contributed by atoms with Gasteiger partial charge in [-0.3, -0.25) is 4.79 Å². The molecule has 1 aromatic rings. The van der Waals surface area contributed by atoms with Crippen molar-refractivity contribution in [2.75, 3.05) is 13.1 Å². The van der Waals surface area contributed by atoms with E-state index in [2.05, 4.69) is 11.4 Å². The number of aryl methyl sites for hydroxylation is 1. The van der Waals surface area contributed by atoms with Crippen LogP contribution in [0.1, 0.15) is 24.1 Å². The van der Waals surface area contributed by atoms with E-state index in [1.165, 1.54) is 11.3 Å². The van der Waals surface area contributed by atoms with Gasteiger partial charge in [0.05, 0.1) is 0 Å². The molecule has 1 saturated heterocycles. The molecule has 2 heterocycles. The second kappa shape index (κ2) is 5.02. The van der Waals surface area contributed by atoms with Gasteiger partial charge >= 0.3 is 0 Å². The highest BCUT2D eigenvalue weighted by Gasteiger charge is 2.42. The van der Waals surface area contributed by atoms with Crippen LogP contribution in [-0.2, 0) is 11.2 Å². The summed E-state index contributed by atoms with van der Waals surface area (Å²) in [5.41, 5.74) is 6.10. The summed E-state index contributed by atoms with van der Waals surface area (Å²) in [6, 6.07) is 4.47. The van der Waals surface area contributed by atoms with Gasteiger partial charge in [-0.05, 0) is 42.5 Å². The second-order valence-corrected chi connectivity index (χ2v) is 6.58. The standard InChI is InChI=1S/C14H20N2OS/c15-13-5-3-10-8-16(9-12(10)13)14(17)6-4-11-2-1-7-18-11/h1-2,7,10,12-13H,3-6,8-9,15H2/t10-,12-,13-/m1/s1. The van der Waals surface area contributed by atoms with E-state index in [0.717, 1.165) is 25.9 Å². The third-order valence-electron chi connectivity index (χ3n) is 4.43. The first-order valence-corrected chi connectivity index (χ1v) is 7.68. The van der Waals surface area contributed by atoms with Crippen molar-refractivity contribution in [2.24, 2.45) is 17.6 Å². The summed E-state index contributed by atoms with van der Waals surface area (Å²) in [5.74, 6) is 1.55. The number of likely N-dealkylation sites (tertiary alicyclic amines) is 1. The highest BCUT2D eigenvalue weighted by atomic mass is 32.1. The van der Waals surface area contributed by atoms with Gasteiger partial charge in [0, 0.05) is 30.4 Å². The minimum atomic E-state index is 0.310. The first-order valence-electron chi connectivity index (χ1n) is 6.80. The molecule has 1 aliphatic heterocycles. The molecule has 1 amide bonds. The van der Waals surface area contributed by atoms with Crippen LogP contribution in [0, 0.1) is 11.8 Å². The number of nitrogens with zero attached hydrogens (tertiary/aromatic N) is 1. The van der Waals surface area contributed by atoms with Crippen LogP contribution in [-0.4, -0.2) is 29.9 Å². The van der Waals surface area contributed by atoms with Crippen molar-refractivity contribution in [2.45, 2.75) is 31.7 Å².